The first-order chi connectivity index (χ1) is 15.4. The van der Waals surface area contributed by atoms with Crippen LogP contribution in [0.3, 0.4) is 0 Å². The van der Waals surface area contributed by atoms with Gasteiger partial charge in [0.15, 0.2) is 11.5 Å². The van der Waals surface area contributed by atoms with Crippen molar-refractivity contribution in [1.82, 2.24) is 4.98 Å². The predicted octanol–water partition coefficient (Wildman–Crippen LogP) is 7.72. The molecule has 0 atom stereocenters. The van der Waals surface area contributed by atoms with E-state index in [-0.39, 0.29) is 6.10 Å². The number of nitrogens with zero attached hydrogens (tertiary/aromatic N) is 1. The van der Waals surface area contributed by atoms with Crippen LogP contribution in [-0.2, 0) is 6.54 Å². The van der Waals surface area contributed by atoms with Crippen LogP contribution in [0.1, 0.15) is 31.9 Å². The van der Waals surface area contributed by atoms with Gasteiger partial charge in [-0.1, -0.05) is 17.7 Å². The summed E-state index contributed by atoms with van der Waals surface area (Å²) in [7, 11) is 0. The van der Waals surface area contributed by atoms with Crippen molar-refractivity contribution in [3.63, 3.8) is 0 Å². The lowest BCUT2D eigenvalue weighted by Gasteiger charge is -2.17. The van der Waals surface area contributed by atoms with E-state index in [2.05, 4.69) is 54.7 Å². The van der Waals surface area contributed by atoms with E-state index in [1.807, 2.05) is 32.9 Å². The Balaban J connectivity index is 1.48. The third-order valence-corrected chi connectivity index (χ3v) is 6.35. The fourth-order valence-corrected chi connectivity index (χ4v) is 4.70. The molecule has 0 bridgehead atoms. The van der Waals surface area contributed by atoms with Gasteiger partial charge in [0.25, 0.3) is 0 Å². The summed E-state index contributed by atoms with van der Waals surface area (Å²) >= 11 is 8.24. The first-order valence-corrected chi connectivity index (χ1v) is 12.0. The number of anilines is 1. The van der Waals surface area contributed by atoms with Crippen molar-refractivity contribution in [2.75, 3.05) is 11.9 Å². The molecule has 0 saturated heterocycles. The Morgan fingerprint density at radius 3 is 2.53 bits per heavy atom. The summed E-state index contributed by atoms with van der Waals surface area (Å²) in [5, 5.41) is 5.13. The molecule has 4 rings (SSSR count). The molecule has 0 radical (unpaired) electrons. The van der Waals surface area contributed by atoms with Gasteiger partial charge in [-0.2, -0.15) is 0 Å². The van der Waals surface area contributed by atoms with Crippen molar-refractivity contribution in [2.45, 2.75) is 40.3 Å². The summed E-state index contributed by atoms with van der Waals surface area (Å²) in [4.78, 5) is 4.77. The van der Waals surface area contributed by atoms with Gasteiger partial charge < -0.3 is 14.8 Å². The fourth-order valence-electron chi connectivity index (χ4n) is 3.41. The molecule has 0 unspecified atom stereocenters. The smallest absolute Gasteiger partial charge is 0.163 e. The topological polar surface area (TPSA) is 43.4 Å². The Morgan fingerprint density at radius 1 is 1.03 bits per heavy atom. The molecule has 0 spiro atoms. The van der Waals surface area contributed by atoms with Gasteiger partial charge in [0.1, 0.15) is 5.01 Å². The van der Waals surface area contributed by atoms with Crippen LogP contribution in [0, 0.1) is 6.92 Å². The lowest BCUT2D eigenvalue weighted by Crippen LogP contribution is -2.08. The first-order valence-electron chi connectivity index (χ1n) is 10.8. The maximum absolute atomic E-state index is 6.52. The zero-order valence-electron chi connectivity index (χ0n) is 18.7. The number of halogens is 1. The predicted molar refractivity (Wildman–Crippen MR) is 136 cm³/mol. The van der Waals surface area contributed by atoms with Crippen molar-refractivity contribution in [2.24, 2.45) is 0 Å². The highest BCUT2D eigenvalue weighted by molar-refractivity contribution is 7.21. The van der Waals surface area contributed by atoms with E-state index in [1.54, 1.807) is 11.3 Å². The van der Waals surface area contributed by atoms with E-state index < -0.39 is 0 Å². The molecule has 0 fully saturated rings. The molecule has 3 aromatic carbocycles. The molecule has 166 valence electrons. The molecule has 0 aliphatic carbocycles. The van der Waals surface area contributed by atoms with Crippen molar-refractivity contribution in [3.8, 4) is 22.1 Å². The zero-order valence-corrected chi connectivity index (χ0v) is 20.3. The van der Waals surface area contributed by atoms with Gasteiger partial charge in [0, 0.05) is 28.9 Å². The van der Waals surface area contributed by atoms with Crippen LogP contribution >= 0.6 is 22.9 Å². The van der Waals surface area contributed by atoms with Crippen LogP contribution in [-0.4, -0.2) is 17.7 Å². The van der Waals surface area contributed by atoms with Crippen molar-refractivity contribution >= 4 is 38.8 Å². The van der Waals surface area contributed by atoms with E-state index in [4.69, 9.17) is 26.1 Å². The fraction of sp³-hybridized carbons (Fsp3) is 0.269. The van der Waals surface area contributed by atoms with Gasteiger partial charge in [0.05, 0.1) is 22.9 Å². The minimum Gasteiger partial charge on any atom is -0.490 e. The van der Waals surface area contributed by atoms with Crippen LogP contribution in [0.25, 0.3) is 20.8 Å². The van der Waals surface area contributed by atoms with Gasteiger partial charge in [0.2, 0.25) is 0 Å². The molecule has 0 aliphatic heterocycles. The van der Waals surface area contributed by atoms with Crippen LogP contribution in [0.5, 0.6) is 11.5 Å². The van der Waals surface area contributed by atoms with Crippen LogP contribution in [0.15, 0.2) is 54.6 Å². The Hall–Kier alpha value is -2.76. The quantitative estimate of drug-likeness (QED) is 0.288. The highest BCUT2D eigenvalue weighted by Gasteiger charge is 2.13. The highest BCUT2D eigenvalue weighted by Crippen LogP contribution is 2.35. The number of aromatic nitrogens is 1. The molecule has 1 aromatic heterocycles. The maximum atomic E-state index is 6.52. The van der Waals surface area contributed by atoms with Gasteiger partial charge in [-0.15, -0.1) is 11.3 Å². The summed E-state index contributed by atoms with van der Waals surface area (Å²) in [6, 6.07) is 18.5. The lowest BCUT2D eigenvalue weighted by molar-refractivity contribution is 0.224. The molecule has 0 aliphatic rings. The number of aryl methyl sites for hydroxylation is 1. The molecule has 0 amide bonds. The van der Waals surface area contributed by atoms with Crippen LogP contribution < -0.4 is 14.8 Å². The van der Waals surface area contributed by atoms with Crippen molar-refractivity contribution < 1.29 is 9.47 Å². The Kier molecular flexibility index (Phi) is 6.87. The average Bonchev–Trinajstić information content (AvgIpc) is 3.18. The van der Waals surface area contributed by atoms with Gasteiger partial charge >= 0.3 is 0 Å². The first kappa shape index (κ1) is 22.4. The van der Waals surface area contributed by atoms with E-state index in [0.717, 1.165) is 27.3 Å². The molecule has 6 heteroatoms. The minimum atomic E-state index is 0.0483. The normalized spacial score (nSPS) is 11.2. The number of hydrogen-bond acceptors (Lipinski definition) is 5. The molecule has 4 nitrogen and oxygen atoms in total. The number of benzene rings is 3. The summed E-state index contributed by atoms with van der Waals surface area (Å²) in [6.45, 7) is 9.18. The highest BCUT2D eigenvalue weighted by atomic mass is 35.5. The molecule has 1 heterocycles. The molecule has 32 heavy (non-hydrogen) atoms. The third-order valence-electron chi connectivity index (χ3n) is 4.93. The van der Waals surface area contributed by atoms with Crippen molar-refractivity contribution in [1.29, 1.82) is 0 Å². The second-order valence-electron chi connectivity index (χ2n) is 7.91. The van der Waals surface area contributed by atoms with Crippen LogP contribution in [0.4, 0.5) is 5.69 Å². The zero-order chi connectivity index (χ0) is 22.7. The third kappa shape index (κ3) is 5.17. The second kappa shape index (κ2) is 9.80. The Labute approximate surface area is 198 Å². The Morgan fingerprint density at radius 2 is 1.81 bits per heavy atom. The van der Waals surface area contributed by atoms with E-state index in [1.165, 1.54) is 10.3 Å². The summed E-state index contributed by atoms with van der Waals surface area (Å²) in [5.74, 6) is 1.38. The van der Waals surface area contributed by atoms with Gasteiger partial charge in [-0.05, 0) is 81.3 Å². The van der Waals surface area contributed by atoms with E-state index >= 15 is 0 Å². The monoisotopic (exact) mass is 466 g/mol. The van der Waals surface area contributed by atoms with E-state index in [9.17, 15) is 0 Å². The number of fused-ring (bicyclic) bond motifs is 1. The SMILES string of the molecule is CCOc1cc(CNc2ccc(-c3nc4ccc(C)cc4s3)cc2)c(Cl)cc1OC(C)C. The number of ether oxygens (including phenoxy) is 2. The summed E-state index contributed by atoms with van der Waals surface area (Å²) in [6.07, 6.45) is 0.0483. The van der Waals surface area contributed by atoms with Gasteiger partial charge in [-0.3, -0.25) is 0 Å². The average molecular weight is 467 g/mol. The summed E-state index contributed by atoms with van der Waals surface area (Å²) in [5.41, 5.74) is 5.38. The maximum Gasteiger partial charge on any atom is 0.163 e. The van der Waals surface area contributed by atoms with Crippen molar-refractivity contribution in [3.05, 3.63) is 70.7 Å². The molecular weight excluding hydrogens is 440 g/mol. The van der Waals surface area contributed by atoms with Crippen LogP contribution in [0.2, 0.25) is 5.02 Å². The standard InChI is InChI=1S/C26H27ClN2O2S/c1-5-30-23-13-19(21(27)14-24(23)31-16(2)3)15-28-20-9-7-18(8-10-20)26-29-22-11-6-17(4)12-25(22)32-26/h6-14,16,28H,5,15H2,1-4H3. The lowest BCUT2D eigenvalue weighted by atomic mass is 10.1. The minimum absolute atomic E-state index is 0.0483. The molecule has 1 N–H and O–H groups in total. The number of hydrogen-bond donors (Lipinski definition) is 1. The Bertz CT molecular complexity index is 1220. The second-order valence-corrected chi connectivity index (χ2v) is 9.35. The molecule has 4 aromatic rings. The number of nitrogens with one attached hydrogen (secondary N) is 1. The van der Waals surface area contributed by atoms with Gasteiger partial charge in [-0.25, -0.2) is 4.98 Å². The largest absolute Gasteiger partial charge is 0.490 e. The number of rotatable bonds is 8. The van der Waals surface area contributed by atoms with E-state index in [0.29, 0.717) is 29.7 Å². The molecule has 0 saturated carbocycles. The molecular formula is C26H27ClN2O2S. The summed E-state index contributed by atoms with van der Waals surface area (Å²) < 4.78 is 12.8. The number of thiazole rings is 1.